The lowest BCUT2D eigenvalue weighted by Gasteiger charge is -2.10. The number of rotatable bonds is 6. The maximum absolute atomic E-state index is 11.7. The fourth-order valence-corrected chi connectivity index (χ4v) is 2.94. The summed E-state index contributed by atoms with van der Waals surface area (Å²) in [6.45, 7) is 0.615. The molecule has 0 bridgehead atoms. The number of nitrogens with zero attached hydrogens (tertiary/aromatic N) is 4. The molecular formula is C14H18N4O2S. The molecule has 0 N–H and O–H groups in total. The first-order chi connectivity index (χ1) is 10.1. The maximum atomic E-state index is 11.7. The van der Waals surface area contributed by atoms with E-state index >= 15 is 0 Å². The van der Waals surface area contributed by atoms with Crippen LogP contribution in [0.5, 0.6) is 0 Å². The second-order valence-electron chi connectivity index (χ2n) is 5.36. The van der Waals surface area contributed by atoms with Crippen LogP contribution in [-0.4, -0.2) is 45.4 Å². The van der Waals surface area contributed by atoms with Crippen molar-refractivity contribution in [2.45, 2.75) is 30.5 Å². The topological polar surface area (TPSA) is 64.2 Å². The summed E-state index contributed by atoms with van der Waals surface area (Å²) >= 11 is 1.43. The molecule has 0 spiro atoms. The molecule has 21 heavy (non-hydrogen) atoms. The number of carbonyl (C=O) groups is 1. The fourth-order valence-electron chi connectivity index (χ4n) is 2.01. The zero-order chi connectivity index (χ0) is 14.8. The predicted octanol–water partition coefficient (Wildman–Crippen LogP) is 1.98. The van der Waals surface area contributed by atoms with Gasteiger partial charge in [-0.15, -0.1) is 10.2 Å². The molecule has 1 saturated carbocycles. The van der Waals surface area contributed by atoms with Gasteiger partial charge >= 0.3 is 0 Å². The Hall–Kier alpha value is -1.76. The van der Waals surface area contributed by atoms with Crippen LogP contribution in [0.1, 0.15) is 30.3 Å². The van der Waals surface area contributed by atoms with Crippen molar-refractivity contribution in [3.8, 4) is 0 Å². The Labute approximate surface area is 127 Å². The standard InChI is InChI=1S/C14H18N4O2S/c1-17(2)12(19)9-21-14-16-15-13(10-5-6-10)18(14)8-11-4-3-7-20-11/h3-4,7,10H,5-6,8-9H2,1-2H3. The Morgan fingerprint density at radius 3 is 2.90 bits per heavy atom. The van der Waals surface area contributed by atoms with E-state index in [-0.39, 0.29) is 5.91 Å². The molecule has 2 aromatic rings. The summed E-state index contributed by atoms with van der Waals surface area (Å²) in [4.78, 5) is 13.3. The van der Waals surface area contributed by atoms with Gasteiger partial charge in [-0.2, -0.15) is 0 Å². The van der Waals surface area contributed by atoms with E-state index in [1.54, 1.807) is 25.3 Å². The lowest BCUT2D eigenvalue weighted by Crippen LogP contribution is -2.23. The van der Waals surface area contributed by atoms with E-state index in [2.05, 4.69) is 14.8 Å². The number of aromatic nitrogens is 3. The van der Waals surface area contributed by atoms with Crippen molar-refractivity contribution >= 4 is 17.7 Å². The second kappa shape index (κ2) is 5.93. The molecule has 0 aromatic carbocycles. The largest absolute Gasteiger partial charge is 0.467 e. The van der Waals surface area contributed by atoms with Crippen molar-refractivity contribution in [3.05, 3.63) is 30.0 Å². The molecule has 112 valence electrons. The van der Waals surface area contributed by atoms with Gasteiger partial charge in [0.25, 0.3) is 0 Å². The van der Waals surface area contributed by atoms with Gasteiger partial charge in [0.2, 0.25) is 5.91 Å². The summed E-state index contributed by atoms with van der Waals surface area (Å²) in [5, 5.41) is 9.34. The van der Waals surface area contributed by atoms with Crippen LogP contribution in [0, 0.1) is 0 Å². The Bertz CT molecular complexity index is 617. The Morgan fingerprint density at radius 1 is 1.48 bits per heavy atom. The molecule has 0 atom stereocenters. The van der Waals surface area contributed by atoms with Crippen LogP contribution >= 0.6 is 11.8 Å². The third kappa shape index (κ3) is 3.29. The van der Waals surface area contributed by atoms with E-state index in [0.717, 1.165) is 29.6 Å². The third-order valence-corrected chi connectivity index (χ3v) is 4.36. The SMILES string of the molecule is CN(C)C(=O)CSc1nnc(C2CC2)n1Cc1ccco1. The summed E-state index contributed by atoms with van der Waals surface area (Å²) in [7, 11) is 3.51. The number of hydrogen-bond acceptors (Lipinski definition) is 5. The van der Waals surface area contributed by atoms with Crippen LogP contribution < -0.4 is 0 Å². The summed E-state index contributed by atoms with van der Waals surface area (Å²) < 4.78 is 7.49. The van der Waals surface area contributed by atoms with Gasteiger partial charge in [0.1, 0.15) is 11.6 Å². The molecule has 0 aliphatic heterocycles. The van der Waals surface area contributed by atoms with Gasteiger partial charge in [-0.05, 0) is 25.0 Å². The molecule has 0 saturated heterocycles. The first-order valence-corrected chi connectivity index (χ1v) is 7.92. The van der Waals surface area contributed by atoms with Gasteiger partial charge in [-0.1, -0.05) is 11.8 Å². The van der Waals surface area contributed by atoms with Crippen LogP contribution in [0.2, 0.25) is 0 Å². The van der Waals surface area contributed by atoms with Gasteiger partial charge < -0.3 is 9.32 Å². The number of furan rings is 1. The summed E-state index contributed by atoms with van der Waals surface area (Å²) in [5.74, 6) is 2.82. The van der Waals surface area contributed by atoms with Crippen LogP contribution in [0.3, 0.4) is 0 Å². The van der Waals surface area contributed by atoms with Crippen molar-refractivity contribution in [3.63, 3.8) is 0 Å². The highest BCUT2D eigenvalue weighted by molar-refractivity contribution is 7.99. The third-order valence-electron chi connectivity index (χ3n) is 3.41. The highest BCUT2D eigenvalue weighted by Crippen LogP contribution is 2.40. The molecule has 1 aliphatic carbocycles. The zero-order valence-electron chi connectivity index (χ0n) is 12.2. The maximum Gasteiger partial charge on any atom is 0.232 e. The van der Waals surface area contributed by atoms with Crippen molar-refractivity contribution in [2.24, 2.45) is 0 Å². The van der Waals surface area contributed by atoms with Crippen molar-refractivity contribution in [2.75, 3.05) is 19.8 Å². The molecule has 7 heteroatoms. The smallest absolute Gasteiger partial charge is 0.232 e. The normalized spacial score (nSPS) is 14.4. The van der Waals surface area contributed by atoms with Crippen molar-refractivity contribution in [1.29, 1.82) is 0 Å². The van der Waals surface area contributed by atoms with Crippen LogP contribution in [0.15, 0.2) is 28.0 Å². The highest BCUT2D eigenvalue weighted by Gasteiger charge is 2.30. The molecule has 0 radical (unpaired) electrons. The minimum absolute atomic E-state index is 0.0699. The first kappa shape index (κ1) is 14.2. The molecule has 2 aromatic heterocycles. The highest BCUT2D eigenvalue weighted by atomic mass is 32.2. The van der Waals surface area contributed by atoms with Crippen LogP contribution in [0.25, 0.3) is 0 Å². The van der Waals surface area contributed by atoms with E-state index < -0.39 is 0 Å². The lowest BCUT2D eigenvalue weighted by atomic mass is 10.3. The van der Waals surface area contributed by atoms with Gasteiger partial charge in [0, 0.05) is 20.0 Å². The predicted molar refractivity (Wildman–Crippen MR) is 79.2 cm³/mol. The average Bonchev–Trinajstić information content (AvgIpc) is 3.03. The van der Waals surface area contributed by atoms with E-state index in [0.29, 0.717) is 18.2 Å². The van der Waals surface area contributed by atoms with Crippen molar-refractivity contribution in [1.82, 2.24) is 19.7 Å². The number of thioether (sulfide) groups is 1. The Balaban J connectivity index is 1.77. The second-order valence-corrected chi connectivity index (χ2v) is 6.30. The minimum Gasteiger partial charge on any atom is -0.467 e. The average molecular weight is 306 g/mol. The van der Waals surface area contributed by atoms with Crippen LogP contribution in [0.4, 0.5) is 0 Å². The van der Waals surface area contributed by atoms with Gasteiger partial charge in [-0.25, -0.2) is 0 Å². The molecule has 0 unspecified atom stereocenters. The van der Waals surface area contributed by atoms with Gasteiger partial charge in [0.15, 0.2) is 5.16 Å². The number of carbonyl (C=O) groups excluding carboxylic acids is 1. The molecule has 1 aliphatic rings. The molecule has 1 fully saturated rings. The molecule has 1 amide bonds. The van der Waals surface area contributed by atoms with E-state index in [4.69, 9.17) is 4.42 Å². The van der Waals surface area contributed by atoms with E-state index in [9.17, 15) is 4.79 Å². The fraction of sp³-hybridized carbons (Fsp3) is 0.500. The molecular weight excluding hydrogens is 288 g/mol. The minimum atomic E-state index is 0.0699. The summed E-state index contributed by atoms with van der Waals surface area (Å²) in [6, 6.07) is 3.81. The molecule has 2 heterocycles. The summed E-state index contributed by atoms with van der Waals surface area (Å²) in [5.41, 5.74) is 0. The lowest BCUT2D eigenvalue weighted by molar-refractivity contribution is -0.125. The van der Waals surface area contributed by atoms with Gasteiger partial charge in [0.05, 0.1) is 18.6 Å². The van der Waals surface area contributed by atoms with E-state index in [1.807, 2.05) is 12.1 Å². The Kier molecular flexibility index (Phi) is 4.01. The zero-order valence-corrected chi connectivity index (χ0v) is 13.0. The van der Waals surface area contributed by atoms with Crippen molar-refractivity contribution < 1.29 is 9.21 Å². The first-order valence-electron chi connectivity index (χ1n) is 6.93. The monoisotopic (exact) mass is 306 g/mol. The quantitative estimate of drug-likeness (QED) is 0.764. The molecule has 3 rings (SSSR count). The summed E-state index contributed by atoms with van der Waals surface area (Å²) in [6.07, 6.45) is 3.99. The van der Waals surface area contributed by atoms with E-state index in [1.165, 1.54) is 11.8 Å². The number of amides is 1. The Morgan fingerprint density at radius 2 is 2.29 bits per heavy atom. The number of hydrogen-bond donors (Lipinski definition) is 0. The van der Waals surface area contributed by atoms with Gasteiger partial charge in [-0.3, -0.25) is 9.36 Å². The van der Waals surface area contributed by atoms with Crippen LogP contribution in [-0.2, 0) is 11.3 Å². The molecule has 6 nitrogen and oxygen atoms in total.